The molecule has 2 rings (SSSR count). The highest BCUT2D eigenvalue weighted by Gasteiger charge is 2.28. The summed E-state index contributed by atoms with van der Waals surface area (Å²) in [6, 6.07) is 6.55. The summed E-state index contributed by atoms with van der Waals surface area (Å²) < 4.78 is 29.2. The maximum atomic E-state index is 12.0. The van der Waals surface area contributed by atoms with Gasteiger partial charge in [0, 0.05) is 12.5 Å². The Hall–Kier alpha value is -0.950. The smallest absolute Gasteiger partial charge is 0.296 e. The number of aliphatic hydroxyl groups excluding tert-OH is 1. The molecule has 0 aliphatic carbocycles. The first kappa shape index (κ1) is 15.4. The van der Waals surface area contributed by atoms with Gasteiger partial charge in [0.15, 0.2) is 0 Å². The molecule has 0 bridgehead atoms. The molecule has 1 N–H and O–H groups in total. The summed E-state index contributed by atoms with van der Waals surface area (Å²) in [5, 5.41) is 9.93. The molecule has 0 spiro atoms. The lowest BCUT2D eigenvalue weighted by Gasteiger charge is -2.33. The molecule has 1 saturated heterocycles. The lowest BCUT2D eigenvalue weighted by atomic mass is 9.95. The van der Waals surface area contributed by atoms with Crippen molar-refractivity contribution >= 4 is 10.1 Å². The molecule has 0 radical (unpaired) electrons. The summed E-state index contributed by atoms with van der Waals surface area (Å²) >= 11 is 0. The Morgan fingerprint density at radius 2 is 2.00 bits per heavy atom. The average Bonchev–Trinajstić information content (AvgIpc) is 2.38. The zero-order valence-electron chi connectivity index (χ0n) is 11.8. The van der Waals surface area contributed by atoms with Crippen LogP contribution in [0, 0.1) is 12.8 Å². The Bertz CT molecular complexity index is 541. The van der Waals surface area contributed by atoms with Gasteiger partial charge in [-0.1, -0.05) is 17.7 Å². The maximum absolute atomic E-state index is 12.0. The molecule has 1 fully saturated rings. The van der Waals surface area contributed by atoms with E-state index in [1.807, 2.05) is 18.9 Å². The standard InChI is InChI=1S/C14H21NO4S/c1-11-3-5-13(6-4-11)20(17,18)19-10-12-7-8-15(2)9-14(12)16/h3-6,12,14,16H,7-10H2,1-2H3. The van der Waals surface area contributed by atoms with Crippen molar-refractivity contribution in [3.8, 4) is 0 Å². The minimum absolute atomic E-state index is 0.0330. The first-order valence-corrected chi connectivity index (χ1v) is 8.12. The zero-order valence-corrected chi connectivity index (χ0v) is 12.6. The third-order valence-electron chi connectivity index (χ3n) is 3.67. The molecule has 6 heteroatoms. The number of benzene rings is 1. The number of likely N-dealkylation sites (N-methyl/N-ethyl adjacent to an activating group) is 1. The number of aliphatic hydroxyl groups is 1. The fourth-order valence-electron chi connectivity index (χ4n) is 2.28. The van der Waals surface area contributed by atoms with Gasteiger partial charge in [-0.3, -0.25) is 4.18 Å². The van der Waals surface area contributed by atoms with Gasteiger partial charge in [-0.15, -0.1) is 0 Å². The third kappa shape index (κ3) is 3.79. The number of rotatable bonds is 4. The minimum Gasteiger partial charge on any atom is -0.391 e. The summed E-state index contributed by atoms with van der Waals surface area (Å²) in [7, 11) is -1.80. The van der Waals surface area contributed by atoms with E-state index in [1.165, 1.54) is 12.1 Å². The Kier molecular flexibility index (Phi) is 4.80. The van der Waals surface area contributed by atoms with Crippen molar-refractivity contribution in [2.75, 3.05) is 26.7 Å². The van der Waals surface area contributed by atoms with Gasteiger partial charge in [-0.05, 0) is 39.1 Å². The van der Waals surface area contributed by atoms with Gasteiger partial charge < -0.3 is 10.0 Å². The van der Waals surface area contributed by atoms with Gasteiger partial charge in [0.1, 0.15) is 0 Å². The van der Waals surface area contributed by atoms with E-state index in [0.29, 0.717) is 6.54 Å². The number of piperidine rings is 1. The van der Waals surface area contributed by atoms with E-state index in [2.05, 4.69) is 0 Å². The predicted molar refractivity (Wildman–Crippen MR) is 75.9 cm³/mol. The zero-order chi connectivity index (χ0) is 14.8. The summed E-state index contributed by atoms with van der Waals surface area (Å²) in [5.74, 6) is -0.133. The minimum atomic E-state index is -3.74. The molecule has 2 unspecified atom stereocenters. The van der Waals surface area contributed by atoms with E-state index in [0.717, 1.165) is 18.5 Å². The van der Waals surface area contributed by atoms with Crippen LogP contribution in [0.4, 0.5) is 0 Å². The van der Waals surface area contributed by atoms with Crippen LogP contribution in [-0.2, 0) is 14.3 Å². The first-order chi connectivity index (χ1) is 9.38. The molecule has 1 aromatic rings. The number of likely N-dealkylation sites (tertiary alicyclic amines) is 1. The van der Waals surface area contributed by atoms with Crippen molar-refractivity contribution in [1.82, 2.24) is 4.90 Å². The Balaban J connectivity index is 1.97. The van der Waals surface area contributed by atoms with Crippen LogP contribution in [0.25, 0.3) is 0 Å². The second kappa shape index (κ2) is 6.22. The second-order valence-corrected chi connectivity index (χ2v) is 7.05. The summed E-state index contributed by atoms with van der Waals surface area (Å²) in [6.45, 7) is 3.33. The summed E-state index contributed by atoms with van der Waals surface area (Å²) in [4.78, 5) is 2.18. The summed E-state index contributed by atoms with van der Waals surface area (Å²) in [6.07, 6.45) is 0.197. The molecule has 0 saturated carbocycles. The van der Waals surface area contributed by atoms with Crippen molar-refractivity contribution in [3.63, 3.8) is 0 Å². The van der Waals surface area contributed by atoms with Crippen molar-refractivity contribution in [2.24, 2.45) is 5.92 Å². The van der Waals surface area contributed by atoms with Crippen LogP contribution in [-0.4, -0.2) is 51.3 Å². The number of aryl methyl sites for hydroxylation is 1. The molecule has 0 amide bonds. The highest BCUT2D eigenvalue weighted by molar-refractivity contribution is 7.86. The quantitative estimate of drug-likeness (QED) is 0.841. The molecule has 20 heavy (non-hydrogen) atoms. The van der Waals surface area contributed by atoms with Crippen molar-refractivity contribution < 1.29 is 17.7 Å². The van der Waals surface area contributed by atoms with Crippen LogP contribution in [0.2, 0.25) is 0 Å². The average molecular weight is 299 g/mol. The maximum Gasteiger partial charge on any atom is 0.296 e. The normalized spacial score (nSPS) is 24.8. The molecule has 0 aromatic heterocycles. The molecule has 1 heterocycles. The van der Waals surface area contributed by atoms with Crippen LogP contribution in [0.5, 0.6) is 0 Å². The van der Waals surface area contributed by atoms with Gasteiger partial charge in [-0.2, -0.15) is 8.42 Å². The molecule has 5 nitrogen and oxygen atoms in total. The summed E-state index contributed by atoms with van der Waals surface area (Å²) in [5.41, 5.74) is 0.995. The van der Waals surface area contributed by atoms with Crippen LogP contribution in [0.1, 0.15) is 12.0 Å². The highest BCUT2D eigenvalue weighted by atomic mass is 32.2. The Morgan fingerprint density at radius 1 is 1.35 bits per heavy atom. The lowest BCUT2D eigenvalue weighted by Crippen LogP contribution is -2.43. The van der Waals surface area contributed by atoms with Crippen LogP contribution < -0.4 is 0 Å². The molecular weight excluding hydrogens is 278 g/mol. The van der Waals surface area contributed by atoms with Gasteiger partial charge >= 0.3 is 0 Å². The predicted octanol–water partition coefficient (Wildman–Crippen LogP) is 1.01. The van der Waals surface area contributed by atoms with Gasteiger partial charge in [0.05, 0.1) is 17.6 Å². The van der Waals surface area contributed by atoms with E-state index in [9.17, 15) is 13.5 Å². The molecule has 1 aliphatic heterocycles. The lowest BCUT2D eigenvalue weighted by molar-refractivity contribution is 0.0128. The van der Waals surface area contributed by atoms with E-state index in [-0.39, 0.29) is 17.4 Å². The van der Waals surface area contributed by atoms with Crippen LogP contribution >= 0.6 is 0 Å². The van der Waals surface area contributed by atoms with Gasteiger partial charge in [0.25, 0.3) is 10.1 Å². The fraction of sp³-hybridized carbons (Fsp3) is 0.571. The van der Waals surface area contributed by atoms with E-state index in [4.69, 9.17) is 4.18 Å². The first-order valence-electron chi connectivity index (χ1n) is 6.71. The van der Waals surface area contributed by atoms with E-state index in [1.54, 1.807) is 12.1 Å². The monoisotopic (exact) mass is 299 g/mol. The molecule has 2 atom stereocenters. The molecule has 1 aromatic carbocycles. The van der Waals surface area contributed by atoms with Gasteiger partial charge in [0.2, 0.25) is 0 Å². The Labute approximate surface area is 120 Å². The number of nitrogens with zero attached hydrogens (tertiary/aromatic N) is 1. The van der Waals surface area contributed by atoms with Gasteiger partial charge in [-0.25, -0.2) is 0 Å². The van der Waals surface area contributed by atoms with E-state index >= 15 is 0 Å². The third-order valence-corrected chi connectivity index (χ3v) is 4.97. The molecular formula is C14H21NO4S. The highest BCUT2D eigenvalue weighted by Crippen LogP contribution is 2.20. The topological polar surface area (TPSA) is 66.8 Å². The SMILES string of the molecule is Cc1ccc(S(=O)(=O)OCC2CCN(C)CC2O)cc1. The van der Waals surface area contributed by atoms with Crippen LogP contribution in [0.3, 0.4) is 0 Å². The molecule has 1 aliphatic rings. The molecule has 112 valence electrons. The number of hydrogen-bond donors (Lipinski definition) is 1. The van der Waals surface area contributed by atoms with E-state index < -0.39 is 16.2 Å². The second-order valence-electron chi connectivity index (χ2n) is 5.43. The number of hydrogen-bond acceptors (Lipinski definition) is 5. The van der Waals surface area contributed by atoms with Crippen LogP contribution in [0.15, 0.2) is 29.2 Å². The van der Waals surface area contributed by atoms with Crippen molar-refractivity contribution in [2.45, 2.75) is 24.3 Å². The fourth-order valence-corrected chi connectivity index (χ4v) is 3.24. The number of β-amino-alcohol motifs (C(OH)–C–C–N with tert-alkyl or cyclic N) is 1. The Morgan fingerprint density at radius 3 is 2.60 bits per heavy atom. The largest absolute Gasteiger partial charge is 0.391 e. The van der Waals surface area contributed by atoms with Crippen molar-refractivity contribution in [3.05, 3.63) is 29.8 Å². The van der Waals surface area contributed by atoms with Crippen molar-refractivity contribution in [1.29, 1.82) is 0 Å².